The molecule has 3 aromatic rings. The largest absolute Gasteiger partial charge is 0.446 e. The SMILES string of the molecule is CCS(=O)c1oc2c([C@@H](C)Nc3cccnc3C(=O)OCCl)cc(C)cc2c(=O)c1C. The molecule has 1 unspecified atom stereocenters. The Balaban J connectivity index is 2.13. The Morgan fingerprint density at radius 3 is 2.77 bits per heavy atom. The maximum Gasteiger partial charge on any atom is 0.360 e. The number of rotatable bonds is 7. The van der Waals surface area contributed by atoms with Crippen molar-refractivity contribution in [3.63, 3.8) is 0 Å². The molecule has 9 heteroatoms. The number of anilines is 1. The highest BCUT2D eigenvalue weighted by atomic mass is 35.5. The fourth-order valence-electron chi connectivity index (χ4n) is 3.33. The lowest BCUT2D eigenvalue weighted by atomic mass is 10.0. The second-order valence-corrected chi connectivity index (χ2v) is 8.87. The monoisotopic (exact) mass is 462 g/mol. The average molecular weight is 463 g/mol. The van der Waals surface area contributed by atoms with Gasteiger partial charge in [0.1, 0.15) is 5.58 Å². The summed E-state index contributed by atoms with van der Waals surface area (Å²) in [6.07, 6.45) is 1.48. The molecule has 1 aromatic carbocycles. The van der Waals surface area contributed by atoms with Crippen molar-refractivity contribution in [3.8, 4) is 0 Å². The Morgan fingerprint density at radius 2 is 2.10 bits per heavy atom. The molecule has 0 radical (unpaired) electrons. The summed E-state index contributed by atoms with van der Waals surface area (Å²) >= 11 is 5.50. The average Bonchev–Trinajstić information content (AvgIpc) is 2.76. The van der Waals surface area contributed by atoms with E-state index in [2.05, 4.69) is 10.3 Å². The molecule has 0 aliphatic rings. The van der Waals surface area contributed by atoms with Gasteiger partial charge in [0, 0.05) is 23.1 Å². The molecule has 0 saturated heterocycles. The molecular formula is C22H23ClN2O5S. The summed E-state index contributed by atoms with van der Waals surface area (Å²) in [5, 5.41) is 3.85. The number of nitrogens with zero attached hydrogens (tertiary/aromatic N) is 1. The molecule has 2 heterocycles. The van der Waals surface area contributed by atoms with Crippen molar-refractivity contribution in [3.05, 3.63) is 63.1 Å². The molecule has 0 amide bonds. The van der Waals surface area contributed by atoms with E-state index < -0.39 is 16.8 Å². The Morgan fingerprint density at radius 1 is 1.35 bits per heavy atom. The van der Waals surface area contributed by atoms with E-state index in [0.29, 0.717) is 33.5 Å². The van der Waals surface area contributed by atoms with E-state index in [4.69, 9.17) is 20.8 Å². The molecule has 0 aliphatic heterocycles. The summed E-state index contributed by atoms with van der Waals surface area (Å²) in [6.45, 7) is 7.15. The summed E-state index contributed by atoms with van der Waals surface area (Å²) in [5.41, 5.74) is 2.63. The Bertz CT molecular complexity index is 1220. The highest BCUT2D eigenvalue weighted by Crippen LogP contribution is 2.30. The number of aryl methyl sites for hydroxylation is 1. The van der Waals surface area contributed by atoms with Crippen LogP contribution in [0.1, 0.15) is 47.1 Å². The van der Waals surface area contributed by atoms with Crippen LogP contribution in [0.3, 0.4) is 0 Å². The minimum Gasteiger partial charge on any atom is -0.446 e. The van der Waals surface area contributed by atoms with Gasteiger partial charge in [-0.3, -0.25) is 9.00 Å². The van der Waals surface area contributed by atoms with Crippen LogP contribution in [-0.4, -0.2) is 27.0 Å². The second kappa shape index (κ2) is 9.62. The highest BCUT2D eigenvalue weighted by molar-refractivity contribution is 7.84. The van der Waals surface area contributed by atoms with Gasteiger partial charge in [-0.05, 0) is 44.5 Å². The quantitative estimate of drug-likeness (QED) is 0.408. The van der Waals surface area contributed by atoms with Crippen molar-refractivity contribution in [1.82, 2.24) is 4.98 Å². The summed E-state index contributed by atoms with van der Waals surface area (Å²) < 4.78 is 23.3. The number of carbonyl (C=O) groups excluding carboxylic acids is 1. The second-order valence-electron chi connectivity index (χ2n) is 7.02. The molecule has 3 rings (SSSR count). The van der Waals surface area contributed by atoms with Gasteiger partial charge in [-0.25, -0.2) is 9.78 Å². The molecule has 0 bridgehead atoms. The molecule has 2 aromatic heterocycles. The number of hydrogen-bond acceptors (Lipinski definition) is 7. The number of aromatic nitrogens is 1. The Hall–Kier alpha value is -2.71. The van der Waals surface area contributed by atoms with Crippen molar-refractivity contribution in [2.24, 2.45) is 0 Å². The normalized spacial score (nSPS) is 13.1. The summed E-state index contributed by atoms with van der Waals surface area (Å²) in [4.78, 5) is 29.2. The fourth-order valence-corrected chi connectivity index (χ4v) is 4.30. The Labute approximate surface area is 187 Å². The van der Waals surface area contributed by atoms with Crippen LogP contribution < -0.4 is 10.7 Å². The third-order valence-electron chi connectivity index (χ3n) is 4.84. The van der Waals surface area contributed by atoms with Crippen LogP contribution in [0.15, 0.2) is 44.8 Å². The topological polar surface area (TPSA) is 98.5 Å². The maximum atomic E-state index is 13.0. The van der Waals surface area contributed by atoms with E-state index in [-0.39, 0.29) is 28.3 Å². The lowest BCUT2D eigenvalue weighted by Crippen LogP contribution is -2.16. The summed E-state index contributed by atoms with van der Waals surface area (Å²) in [6, 6.07) is 6.38. The van der Waals surface area contributed by atoms with Crippen LogP contribution in [-0.2, 0) is 15.5 Å². The van der Waals surface area contributed by atoms with Gasteiger partial charge >= 0.3 is 5.97 Å². The molecule has 0 saturated carbocycles. The van der Waals surface area contributed by atoms with Crippen molar-refractivity contribution in [2.45, 2.75) is 38.8 Å². The smallest absolute Gasteiger partial charge is 0.360 e. The minimum absolute atomic E-state index is 0.0945. The highest BCUT2D eigenvalue weighted by Gasteiger charge is 2.22. The number of hydrogen-bond donors (Lipinski definition) is 1. The standard InChI is InChI=1S/C22H23ClN2O5S/c1-5-31(28)22-13(3)19(26)16-10-12(2)9-15(20(16)30-22)14(4)25-17-7-6-8-24-18(17)21(27)29-11-23/h6-10,14,25H,5,11H2,1-4H3/t14-,31?/m1/s1. The van der Waals surface area contributed by atoms with E-state index in [1.165, 1.54) is 6.20 Å². The van der Waals surface area contributed by atoms with Crippen LogP contribution in [0.2, 0.25) is 0 Å². The van der Waals surface area contributed by atoms with E-state index in [0.717, 1.165) is 5.56 Å². The van der Waals surface area contributed by atoms with Crippen molar-refractivity contribution in [2.75, 3.05) is 17.1 Å². The fraction of sp³-hybridized carbons (Fsp3) is 0.318. The predicted molar refractivity (Wildman–Crippen MR) is 121 cm³/mol. The predicted octanol–water partition coefficient (Wildman–Crippen LogP) is 4.46. The lowest BCUT2D eigenvalue weighted by molar-refractivity contribution is 0.0568. The summed E-state index contributed by atoms with van der Waals surface area (Å²) in [5.74, 6) is -0.311. The number of halogens is 1. The zero-order valence-electron chi connectivity index (χ0n) is 17.7. The van der Waals surface area contributed by atoms with Gasteiger partial charge in [0.15, 0.2) is 22.3 Å². The number of benzene rings is 1. The molecule has 7 nitrogen and oxygen atoms in total. The molecule has 0 aliphatic carbocycles. The molecule has 0 fully saturated rings. The number of ether oxygens (including phenoxy) is 1. The van der Waals surface area contributed by atoms with Gasteiger partial charge in [0.2, 0.25) is 0 Å². The van der Waals surface area contributed by atoms with E-state index >= 15 is 0 Å². The number of carbonyl (C=O) groups is 1. The van der Waals surface area contributed by atoms with Crippen molar-refractivity contribution >= 4 is 45.0 Å². The van der Waals surface area contributed by atoms with Crippen LogP contribution >= 0.6 is 11.6 Å². The lowest BCUT2D eigenvalue weighted by Gasteiger charge is -2.19. The zero-order chi connectivity index (χ0) is 22.7. The summed E-state index contributed by atoms with van der Waals surface area (Å²) in [7, 11) is -1.42. The van der Waals surface area contributed by atoms with E-state index in [9.17, 15) is 13.8 Å². The maximum absolute atomic E-state index is 13.0. The van der Waals surface area contributed by atoms with Crippen LogP contribution in [0.4, 0.5) is 5.69 Å². The first-order chi connectivity index (χ1) is 14.8. The van der Waals surface area contributed by atoms with Crippen molar-refractivity contribution < 1.29 is 18.2 Å². The number of nitrogens with one attached hydrogen (secondary N) is 1. The van der Waals surface area contributed by atoms with Gasteiger partial charge in [-0.1, -0.05) is 24.6 Å². The van der Waals surface area contributed by atoms with Gasteiger partial charge in [0.25, 0.3) is 0 Å². The number of alkyl halides is 1. The number of fused-ring (bicyclic) bond motifs is 1. The van der Waals surface area contributed by atoms with E-state index in [1.54, 1.807) is 32.0 Å². The zero-order valence-corrected chi connectivity index (χ0v) is 19.2. The molecule has 31 heavy (non-hydrogen) atoms. The van der Waals surface area contributed by atoms with Gasteiger partial charge in [0.05, 0.1) is 27.9 Å². The number of pyridine rings is 1. The van der Waals surface area contributed by atoms with Crippen LogP contribution in [0.5, 0.6) is 0 Å². The van der Waals surface area contributed by atoms with Crippen molar-refractivity contribution in [1.29, 1.82) is 0 Å². The van der Waals surface area contributed by atoms with E-state index in [1.807, 2.05) is 19.9 Å². The first-order valence-electron chi connectivity index (χ1n) is 9.69. The minimum atomic E-state index is -1.42. The van der Waals surface area contributed by atoms with Gasteiger partial charge < -0.3 is 14.5 Å². The molecule has 164 valence electrons. The first-order valence-corrected chi connectivity index (χ1v) is 11.5. The van der Waals surface area contributed by atoms with Crippen LogP contribution in [0.25, 0.3) is 11.0 Å². The third kappa shape index (κ3) is 4.65. The molecule has 1 N–H and O–H groups in total. The van der Waals surface area contributed by atoms with Gasteiger partial charge in [-0.15, -0.1) is 0 Å². The Kier molecular flexibility index (Phi) is 7.12. The number of esters is 1. The molecule has 2 atom stereocenters. The first kappa shape index (κ1) is 23.0. The molecular weight excluding hydrogens is 440 g/mol. The molecule has 0 spiro atoms. The van der Waals surface area contributed by atoms with Crippen LogP contribution in [0, 0.1) is 13.8 Å². The third-order valence-corrected chi connectivity index (χ3v) is 6.28. The van der Waals surface area contributed by atoms with Gasteiger partial charge in [-0.2, -0.15) is 0 Å².